The van der Waals surface area contributed by atoms with E-state index in [9.17, 15) is 4.79 Å². The van der Waals surface area contributed by atoms with E-state index in [0.29, 0.717) is 19.0 Å². The van der Waals surface area contributed by atoms with Crippen molar-refractivity contribution in [3.8, 4) is 11.5 Å². The van der Waals surface area contributed by atoms with Gasteiger partial charge in [0.2, 0.25) is 5.91 Å². The number of hydrogen-bond acceptors (Lipinski definition) is 4. The lowest BCUT2D eigenvalue weighted by Crippen LogP contribution is -2.28. The van der Waals surface area contributed by atoms with Crippen molar-refractivity contribution in [2.24, 2.45) is 0 Å². The third kappa shape index (κ3) is 4.92. The van der Waals surface area contributed by atoms with Crippen LogP contribution in [0.25, 0.3) is 0 Å². The highest BCUT2D eigenvalue weighted by Gasteiger charge is 2.15. The quantitative estimate of drug-likeness (QED) is 0.852. The van der Waals surface area contributed by atoms with Crippen LogP contribution < -0.4 is 14.8 Å². The smallest absolute Gasteiger partial charge is 0.230 e. The Balaban J connectivity index is 1.49. The molecule has 1 heterocycles. The van der Waals surface area contributed by atoms with E-state index in [0.717, 1.165) is 22.8 Å². The van der Waals surface area contributed by atoms with Crippen LogP contribution in [0.15, 0.2) is 42.5 Å². The van der Waals surface area contributed by atoms with Crippen molar-refractivity contribution in [1.29, 1.82) is 0 Å². The molecule has 1 N–H and O–H groups in total. The lowest BCUT2D eigenvalue weighted by atomic mass is 10.1. The van der Waals surface area contributed by atoms with Gasteiger partial charge in [-0.05, 0) is 37.1 Å². The molecule has 0 aliphatic carbocycles. The van der Waals surface area contributed by atoms with Crippen molar-refractivity contribution in [3.63, 3.8) is 0 Å². The number of carbonyl (C=O) groups is 1. The zero-order valence-electron chi connectivity index (χ0n) is 14.6. The minimum atomic E-state index is -0.0668. The number of hydrogen-bond donors (Lipinski definition) is 1. The Morgan fingerprint density at radius 1 is 1.16 bits per heavy atom. The first-order chi connectivity index (χ1) is 12.1. The van der Waals surface area contributed by atoms with Crippen molar-refractivity contribution in [2.75, 3.05) is 19.0 Å². The molecule has 2 aromatic carbocycles. The van der Waals surface area contributed by atoms with Gasteiger partial charge in [-0.25, -0.2) is 0 Å². The van der Waals surface area contributed by atoms with E-state index < -0.39 is 0 Å². The van der Waals surface area contributed by atoms with Crippen LogP contribution in [0.5, 0.6) is 11.5 Å². The highest BCUT2D eigenvalue weighted by molar-refractivity contribution is 7.99. The van der Waals surface area contributed by atoms with Gasteiger partial charge in [0.05, 0.1) is 11.8 Å². The maximum absolute atomic E-state index is 12.2. The fourth-order valence-electron chi connectivity index (χ4n) is 2.76. The van der Waals surface area contributed by atoms with Gasteiger partial charge in [-0.1, -0.05) is 35.9 Å². The zero-order chi connectivity index (χ0) is 17.6. The van der Waals surface area contributed by atoms with E-state index in [2.05, 4.69) is 36.5 Å². The molecular weight excluding hydrogens is 334 g/mol. The van der Waals surface area contributed by atoms with E-state index in [4.69, 9.17) is 9.47 Å². The molecule has 0 fully saturated rings. The van der Waals surface area contributed by atoms with E-state index in [1.807, 2.05) is 25.1 Å². The largest absolute Gasteiger partial charge is 0.486 e. The molecule has 1 unspecified atom stereocenters. The maximum atomic E-state index is 12.2. The molecule has 1 aliphatic rings. The molecule has 5 heteroatoms. The summed E-state index contributed by atoms with van der Waals surface area (Å²) in [6.07, 6.45) is 0. The van der Waals surface area contributed by atoms with Gasteiger partial charge >= 0.3 is 0 Å². The molecule has 3 rings (SSSR count). The van der Waals surface area contributed by atoms with Crippen LogP contribution >= 0.6 is 11.8 Å². The van der Waals surface area contributed by atoms with Crippen molar-refractivity contribution in [1.82, 2.24) is 5.32 Å². The Labute approximate surface area is 152 Å². The van der Waals surface area contributed by atoms with Gasteiger partial charge in [-0.15, -0.1) is 11.8 Å². The Kier molecular flexibility index (Phi) is 5.87. The monoisotopic (exact) mass is 357 g/mol. The van der Waals surface area contributed by atoms with Gasteiger partial charge in [0.1, 0.15) is 13.2 Å². The van der Waals surface area contributed by atoms with Crippen LogP contribution in [-0.4, -0.2) is 24.9 Å². The van der Waals surface area contributed by atoms with Gasteiger partial charge in [0.25, 0.3) is 0 Å². The predicted octanol–water partition coefficient (Wildman–Crippen LogP) is 3.88. The minimum absolute atomic E-state index is 0.0417. The van der Waals surface area contributed by atoms with E-state index in [1.165, 1.54) is 11.1 Å². The summed E-state index contributed by atoms with van der Waals surface area (Å²) in [5.41, 5.74) is 3.51. The minimum Gasteiger partial charge on any atom is -0.486 e. The van der Waals surface area contributed by atoms with Crippen LogP contribution in [0.4, 0.5) is 0 Å². The maximum Gasteiger partial charge on any atom is 0.230 e. The first kappa shape index (κ1) is 17.7. The number of aryl methyl sites for hydroxylation is 1. The third-order valence-electron chi connectivity index (χ3n) is 4.03. The Bertz CT molecular complexity index is 747. The zero-order valence-corrected chi connectivity index (χ0v) is 15.4. The second kappa shape index (κ2) is 8.30. The predicted molar refractivity (Wildman–Crippen MR) is 101 cm³/mol. The molecule has 0 aromatic heterocycles. The van der Waals surface area contributed by atoms with E-state index >= 15 is 0 Å². The van der Waals surface area contributed by atoms with Crippen LogP contribution in [0, 0.1) is 6.92 Å². The summed E-state index contributed by atoms with van der Waals surface area (Å²) in [7, 11) is 0. The fourth-order valence-corrected chi connectivity index (χ4v) is 3.55. The molecule has 1 aliphatic heterocycles. The molecule has 1 atom stereocenters. The van der Waals surface area contributed by atoms with Crippen LogP contribution in [-0.2, 0) is 10.5 Å². The molecule has 0 bridgehead atoms. The fraction of sp³-hybridized carbons (Fsp3) is 0.350. The normalized spacial score (nSPS) is 14.0. The standard InChI is InChI=1S/C20H23NO3S/c1-14-4-3-5-16(10-14)12-25-13-20(22)21-15(2)17-6-7-18-19(11-17)24-9-8-23-18/h3-7,10-11,15H,8-9,12-13H2,1-2H3,(H,21,22). The van der Waals surface area contributed by atoms with Crippen molar-refractivity contribution in [2.45, 2.75) is 25.6 Å². The van der Waals surface area contributed by atoms with Crippen LogP contribution in [0.3, 0.4) is 0 Å². The second-order valence-electron chi connectivity index (χ2n) is 6.17. The third-order valence-corrected chi connectivity index (χ3v) is 5.03. The number of nitrogens with one attached hydrogen (secondary N) is 1. The molecule has 0 radical (unpaired) electrons. The van der Waals surface area contributed by atoms with Gasteiger partial charge in [-0.2, -0.15) is 0 Å². The van der Waals surface area contributed by atoms with Crippen molar-refractivity contribution < 1.29 is 14.3 Å². The molecule has 0 spiro atoms. The summed E-state index contributed by atoms with van der Waals surface area (Å²) in [4.78, 5) is 12.2. The highest BCUT2D eigenvalue weighted by atomic mass is 32.2. The van der Waals surface area contributed by atoms with Gasteiger partial charge < -0.3 is 14.8 Å². The topological polar surface area (TPSA) is 47.6 Å². The first-order valence-electron chi connectivity index (χ1n) is 8.44. The molecule has 132 valence electrons. The number of benzene rings is 2. The Morgan fingerprint density at radius 2 is 1.96 bits per heavy atom. The van der Waals surface area contributed by atoms with Crippen LogP contribution in [0.1, 0.15) is 29.7 Å². The van der Waals surface area contributed by atoms with Crippen molar-refractivity contribution >= 4 is 17.7 Å². The molecule has 2 aromatic rings. The number of thioether (sulfide) groups is 1. The summed E-state index contributed by atoms with van der Waals surface area (Å²) in [6.45, 7) is 5.20. The molecule has 25 heavy (non-hydrogen) atoms. The van der Waals surface area contributed by atoms with Gasteiger partial charge in [0, 0.05) is 5.75 Å². The average Bonchev–Trinajstić information content (AvgIpc) is 2.61. The lowest BCUT2D eigenvalue weighted by Gasteiger charge is -2.21. The average molecular weight is 357 g/mol. The molecule has 4 nitrogen and oxygen atoms in total. The number of fused-ring (bicyclic) bond motifs is 1. The summed E-state index contributed by atoms with van der Waals surface area (Å²) < 4.78 is 11.1. The summed E-state index contributed by atoms with van der Waals surface area (Å²) >= 11 is 1.63. The van der Waals surface area contributed by atoms with Crippen LogP contribution in [0.2, 0.25) is 0 Å². The number of ether oxygens (including phenoxy) is 2. The molecule has 0 saturated carbocycles. The number of carbonyl (C=O) groups excluding carboxylic acids is 1. The molecule has 0 saturated heterocycles. The summed E-state index contributed by atoms with van der Waals surface area (Å²) in [5.74, 6) is 2.84. The first-order valence-corrected chi connectivity index (χ1v) is 9.59. The summed E-state index contributed by atoms with van der Waals surface area (Å²) in [6, 6.07) is 14.1. The molecule has 1 amide bonds. The summed E-state index contributed by atoms with van der Waals surface area (Å²) in [5, 5.41) is 3.04. The Morgan fingerprint density at radius 3 is 2.76 bits per heavy atom. The SMILES string of the molecule is Cc1cccc(CSCC(=O)NC(C)c2ccc3c(c2)OCCO3)c1. The highest BCUT2D eigenvalue weighted by Crippen LogP contribution is 2.32. The van der Waals surface area contributed by atoms with Crippen molar-refractivity contribution in [3.05, 3.63) is 59.2 Å². The van der Waals surface area contributed by atoms with Gasteiger partial charge in [0.15, 0.2) is 11.5 Å². The lowest BCUT2D eigenvalue weighted by molar-refractivity contribution is -0.119. The van der Waals surface area contributed by atoms with E-state index in [1.54, 1.807) is 11.8 Å². The number of amides is 1. The Hall–Kier alpha value is -2.14. The number of rotatable bonds is 6. The molecular formula is C20H23NO3S. The van der Waals surface area contributed by atoms with Gasteiger partial charge in [-0.3, -0.25) is 4.79 Å². The van der Waals surface area contributed by atoms with E-state index in [-0.39, 0.29) is 11.9 Å². The second-order valence-corrected chi connectivity index (χ2v) is 7.16.